The average molecular weight is 316 g/mol. The van der Waals surface area contributed by atoms with E-state index in [1.807, 2.05) is 6.07 Å². The van der Waals surface area contributed by atoms with E-state index in [4.69, 9.17) is 10.4 Å². The quantitative estimate of drug-likeness (QED) is 0.825. The zero-order valence-corrected chi connectivity index (χ0v) is 12.9. The number of hydrogen-bond donors (Lipinski definition) is 1. The van der Waals surface area contributed by atoms with Gasteiger partial charge in [-0.3, -0.25) is 4.79 Å². The summed E-state index contributed by atoms with van der Waals surface area (Å²) in [5, 5.41) is 17.3. The van der Waals surface area contributed by atoms with E-state index in [1.54, 1.807) is 13.8 Å². The maximum atomic E-state index is 12.5. The minimum absolute atomic E-state index is 0.111. The lowest BCUT2D eigenvalue weighted by atomic mass is 10.3. The number of carboxylic acids is 1. The van der Waals surface area contributed by atoms with Crippen LogP contribution >= 0.6 is 11.3 Å². The van der Waals surface area contributed by atoms with Crippen LogP contribution in [0.15, 0.2) is 16.3 Å². The van der Waals surface area contributed by atoms with Crippen LogP contribution in [0.3, 0.4) is 0 Å². The first-order chi connectivity index (χ1) is 9.28. The summed E-state index contributed by atoms with van der Waals surface area (Å²) < 4.78 is 26.3. The first-order valence-corrected chi connectivity index (χ1v) is 8.24. The van der Waals surface area contributed by atoms with Gasteiger partial charge in [0.1, 0.15) is 4.21 Å². The van der Waals surface area contributed by atoms with Crippen molar-refractivity contribution < 1.29 is 18.3 Å². The van der Waals surface area contributed by atoms with Crippen LogP contribution in [0.1, 0.15) is 25.1 Å². The van der Waals surface area contributed by atoms with E-state index in [9.17, 15) is 13.2 Å². The summed E-state index contributed by atoms with van der Waals surface area (Å²) in [6.45, 7) is 3.60. The predicted octanol–water partition coefficient (Wildman–Crippen LogP) is 1.69. The largest absolute Gasteiger partial charge is 0.481 e. The Bertz CT molecular complexity index is 614. The highest BCUT2D eigenvalue weighted by molar-refractivity contribution is 7.91. The number of rotatable bonds is 7. The molecule has 110 valence electrons. The molecule has 0 spiro atoms. The third kappa shape index (κ3) is 4.03. The van der Waals surface area contributed by atoms with Crippen LogP contribution in [-0.2, 0) is 21.2 Å². The zero-order chi connectivity index (χ0) is 15.3. The van der Waals surface area contributed by atoms with Gasteiger partial charge in [-0.05, 0) is 26.0 Å². The van der Waals surface area contributed by atoms with Crippen molar-refractivity contribution in [3.63, 3.8) is 0 Å². The second-order valence-electron chi connectivity index (χ2n) is 4.41. The molecule has 8 heteroatoms. The van der Waals surface area contributed by atoms with Gasteiger partial charge in [-0.15, -0.1) is 11.3 Å². The van der Waals surface area contributed by atoms with Crippen molar-refractivity contribution in [3.8, 4) is 6.07 Å². The standard InChI is InChI=1S/C12H16N2O4S2/c1-9(2)14(7-3-6-13)20(17,18)12-5-4-10(19-12)8-11(15)16/h4-5,9H,3,7-8H2,1-2H3,(H,15,16). The summed E-state index contributed by atoms with van der Waals surface area (Å²) in [6, 6.07) is 4.59. The van der Waals surface area contributed by atoms with E-state index >= 15 is 0 Å². The molecule has 0 aliphatic rings. The lowest BCUT2D eigenvalue weighted by Gasteiger charge is -2.24. The molecule has 1 aromatic heterocycles. The van der Waals surface area contributed by atoms with Gasteiger partial charge in [-0.1, -0.05) is 0 Å². The molecular weight excluding hydrogens is 300 g/mol. The monoisotopic (exact) mass is 316 g/mol. The second-order valence-corrected chi connectivity index (χ2v) is 7.69. The Kier molecular flexibility index (Phi) is 5.68. The van der Waals surface area contributed by atoms with E-state index in [0.717, 1.165) is 11.3 Å². The van der Waals surface area contributed by atoms with Gasteiger partial charge >= 0.3 is 5.97 Å². The highest BCUT2D eigenvalue weighted by Gasteiger charge is 2.28. The summed E-state index contributed by atoms with van der Waals surface area (Å²) >= 11 is 0.954. The molecule has 1 N–H and O–H groups in total. The lowest BCUT2D eigenvalue weighted by molar-refractivity contribution is -0.136. The molecule has 0 unspecified atom stereocenters. The summed E-state index contributed by atoms with van der Waals surface area (Å²) in [6.07, 6.45) is -0.0785. The molecule has 0 saturated carbocycles. The highest BCUT2D eigenvalue weighted by Crippen LogP contribution is 2.26. The molecule has 0 amide bonds. The van der Waals surface area contributed by atoms with E-state index in [0.29, 0.717) is 4.88 Å². The Hall–Kier alpha value is -1.43. The molecular formula is C12H16N2O4S2. The molecule has 0 saturated heterocycles. The Morgan fingerprint density at radius 2 is 2.15 bits per heavy atom. The molecule has 1 rings (SSSR count). The molecule has 6 nitrogen and oxygen atoms in total. The third-order valence-electron chi connectivity index (χ3n) is 2.55. The van der Waals surface area contributed by atoms with Gasteiger partial charge in [0.15, 0.2) is 0 Å². The molecule has 0 radical (unpaired) electrons. The van der Waals surface area contributed by atoms with E-state index < -0.39 is 16.0 Å². The minimum atomic E-state index is -3.68. The van der Waals surface area contributed by atoms with Gasteiger partial charge < -0.3 is 5.11 Å². The maximum Gasteiger partial charge on any atom is 0.308 e. The van der Waals surface area contributed by atoms with E-state index in [2.05, 4.69) is 0 Å². The topological polar surface area (TPSA) is 98.5 Å². The average Bonchev–Trinajstić information content (AvgIpc) is 2.77. The van der Waals surface area contributed by atoms with Gasteiger partial charge in [0.25, 0.3) is 10.0 Å². The van der Waals surface area contributed by atoms with Gasteiger partial charge in [0.05, 0.1) is 12.5 Å². The Balaban J connectivity index is 3.04. The smallest absolute Gasteiger partial charge is 0.308 e. The van der Waals surface area contributed by atoms with Crippen LogP contribution in [0.25, 0.3) is 0 Å². The fraction of sp³-hybridized carbons (Fsp3) is 0.500. The number of nitriles is 1. The summed E-state index contributed by atoms with van der Waals surface area (Å²) in [5.41, 5.74) is 0. The Labute approximate surface area is 122 Å². The second kappa shape index (κ2) is 6.83. The molecule has 0 fully saturated rings. The van der Waals surface area contributed by atoms with Gasteiger partial charge in [-0.25, -0.2) is 8.42 Å². The summed E-state index contributed by atoms with van der Waals surface area (Å²) in [7, 11) is -3.68. The van der Waals surface area contributed by atoms with Crippen molar-refractivity contribution in [1.82, 2.24) is 4.31 Å². The number of sulfonamides is 1. The number of hydrogen-bond acceptors (Lipinski definition) is 5. The van der Waals surface area contributed by atoms with E-state index in [1.165, 1.54) is 16.4 Å². The van der Waals surface area contributed by atoms with Crippen molar-refractivity contribution in [2.24, 2.45) is 0 Å². The molecule has 0 atom stereocenters. The van der Waals surface area contributed by atoms with Crippen molar-refractivity contribution in [3.05, 3.63) is 17.0 Å². The van der Waals surface area contributed by atoms with Crippen LogP contribution in [0, 0.1) is 11.3 Å². The molecule has 0 aliphatic carbocycles. The maximum absolute atomic E-state index is 12.5. The SMILES string of the molecule is CC(C)N(CCC#N)S(=O)(=O)c1ccc(CC(=O)O)s1. The first kappa shape index (κ1) is 16.6. The molecule has 0 aliphatic heterocycles. The van der Waals surface area contributed by atoms with Crippen molar-refractivity contribution in [1.29, 1.82) is 5.26 Å². The number of nitrogens with zero attached hydrogens (tertiary/aromatic N) is 2. The Morgan fingerprint density at radius 1 is 1.50 bits per heavy atom. The predicted molar refractivity (Wildman–Crippen MR) is 74.9 cm³/mol. The number of carboxylic acid groups (broad SMARTS) is 1. The molecule has 0 bridgehead atoms. The number of aliphatic carboxylic acids is 1. The highest BCUT2D eigenvalue weighted by atomic mass is 32.2. The van der Waals surface area contributed by atoms with Crippen molar-refractivity contribution >= 4 is 27.3 Å². The van der Waals surface area contributed by atoms with Gasteiger partial charge in [-0.2, -0.15) is 9.57 Å². The van der Waals surface area contributed by atoms with Crippen LogP contribution in [0.5, 0.6) is 0 Å². The molecule has 0 aromatic carbocycles. The van der Waals surface area contributed by atoms with Crippen LogP contribution in [-0.4, -0.2) is 36.4 Å². The summed E-state index contributed by atoms with van der Waals surface area (Å²) in [5.74, 6) is -0.999. The minimum Gasteiger partial charge on any atom is -0.481 e. The van der Waals surface area contributed by atoms with Crippen molar-refractivity contribution in [2.45, 2.75) is 36.9 Å². The fourth-order valence-corrected chi connectivity index (χ4v) is 4.79. The fourth-order valence-electron chi connectivity index (χ4n) is 1.67. The number of carbonyl (C=O) groups is 1. The van der Waals surface area contributed by atoms with Gasteiger partial charge in [0.2, 0.25) is 0 Å². The normalized spacial score (nSPS) is 11.8. The van der Waals surface area contributed by atoms with Crippen LogP contribution < -0.4 is 0 Å². The lowest BCUT2D eigenvalue weighted by Crippen LogP contribution is -2.37. The molecule has 1 aromatic rings. The van der Waals surface area contributed by atoms with E-state index in [-0.39, 0.29) is 29.6 Å². The zero-order valence-electron chi connectivity index (χ0n) is 11.2. The summed E-state index contributed by atoms with van der Waals surface area (Å²) in [4.78, 5) is 11.1. The van der Waals surface area contributed by atoms with Crippen LogP contribution in [0.2, 0.25) is 0 Å². The first-order valence-electron chi connectivity index (χ1n) is 5.98. The van der Waals surface area contributed by atoms with Gasteiger partial charge in [0, 0.05) is 23.9 Å². The molecule has 20 heavy (non-hydrogen) atoms. The molecule has 1 heterocycles. The number of thiophene rings is 1. The Morgan fingerprint density at radius 3 is 2.65 bits per heavy atom. The van der Waals surface area contributed by atoms with Crippen LogP contribution in [0.4, 0.5) is 0 Å². The third-order valence-corrected chi connectivity index (χ3v) is 6.17. The van der Waals surface area contributed by atoms with Crippen molar-refractivity contribution in [2.75, 3.05) is 6.54 Å².